The van der Waals surface area contributed by atoms with E-state index in [1.54, 1.807) is 0 Å². The van der Waals surface area contributed by atoms with Crippen LogP contribution in [-0.4, -0.2) is 17.9 Å². The zero-order valence-electron chi connectivity index (χ0n) is 17.9. The number of hydrogen-bond donors (Lipinski definition) is 1. The van der Waals surface area contributed by atoms with Crippen LogP contribution in [0.2, 0.25) is 0 Å². The molecule has 0 radical (unpaired) electrons. The highest BCUT2D eigenvalue weighted by Crippen LogP contribution is 2.47. The Morgan fingerprint density at radius 3 is 1.89 bits per heavy atom. The fraction of sp³-hybridized carbons (Fsp3) is 1.00. The van der Waals surface area contributed by atoms with E-state index >= 15 is 4.39 Å². The van der Waals surface area contributed by atoms with Crippen LogP contribution >= 0.6 is 0 Å². The summed E-state index contributed by atoms with van der Waals surface area (Å²) in [6.45, 7) is 2.62. The summed E-state index contributed by atoms with van der Waals surface area (Å²) in [4.78, 5) is 0. The van der Waals surface area contributed by atoms with E-state index in [9.17, 15) is 0 Å². The molecule has 3 fully saturated rings. The van der Waals surface area contributed by atoms with Crippen molar-refractivity contribution in [1.29, 1.82) is 0 Å². The first kappa shape index (κ1) is 21.6. The molecule has 3 rings (SSSR count). The van der Waals surface area contributed by atoms with Crippen molar-refractivity contribution in [2.45, 2.75) is 116 Å². The summed E-state index contributed by atoms with van der Waals surface area (Å²) in [6, 6.07) is 0. The second kappa shape index (κ2) is 11.2. The minimum Gasteiger partial charge on any atom is -0.396 e. The number of hydrogen-bond acceptors (Lipinski definition) is 1. The first-order chi connectivity index (χ1) is 13.2. The number of aliphatic hydroxyl groups is 1. The van der Waals surface area contributed by atoms with Gasteiger partial charge in [-0.25, -0.2) is 4.39 Å². The van der Waals surface area contributed by atoms with E-state index in [4.69, 9.17) is 5.11 Å². The van der Waals surface area contributed by atoms with Gasteiger partial charge in [0.2, 0.25) is 0 Å². The maximum atomic E-state index is 15.1. The molecule has 3 unspecified atom stereocenters. The van der Waals surface area contributed by atoms with Gasteiger partial charge in [0.05, 0.1) is 0 Å². The summed E-state index contributed by atoms with van der Waals surface area (Å²) in [5.74, 6) is 4.16. The fourth-order valence-corrected chi connectivity index (χ4v) is 6.85. The van der Waals surface area contributed by atoms with Gasteiger partial charge in [-0.15, -0.1) is 0 Å². The average Bonchev–Trinajstić information content (AvgIpc) is 2.70. The molecule has 3 atom stereocenters. The van der Waals surface area contributed by atoms with E-state index in [-0.39, 0.29) is 0 Å². The standard InChI is InChI=1S/C25H45FO/c1-2-3-4-5-19-6-10-21(11-7-19)23-14-15-24(25(26)18-23)22-12-8-20(9-13-22)16-17-27/h19-25,27H,2-18H2,1H3. The predicted molar refractivity (Wildman–Crippen MR) is 112 cm³/mol. The van der Waals surface area contributed by atoms with Crippen LogP contribution in [-0.2, 0) is 0 Å². The molecule has 0 saturated heterocycles. The van der Waals surface area contributed by atoms with Gasteiger partial charge >= 0.3 is 0 Å². The van der Waals surface area contributed by atoms with Crippen LogP contribution in [0.15, 0.2) is 0 Å². The molecule has 3 saturated carbocycles. The van der Waals surface area contributed by atoms with Crippen molar-refractivity contribution in [3.63, 3.8) is 0 Å². The molecule has 0 aromatic rings. The lowest BCUT2D eigenvalue weighted by molar-refractivity contribution is 0.0315. The Hall–Kier alpha value is -0.110. The summed E-state index contributed by atoms with van der Waals surface area (Å²) in [7, 11) is 0. The first-order valence-corrected chi connectivity index (χ1v) is 12.5. The largest absolute Gasteiger partial charge is 0.396 e. The maximum Gasteiger partial charge on any atom is 0.103 e. The number of aliphatic hydroxyl groups excluding tert-OH is 1. The lowest BCUT2D eigenvalue weighted by Crippen LogP contribution is -2.36. The monoisotopic (exact) mass is 380 g/mol. The molecular formula is C25H45FO. The zero-order valence-corrected chi connectivity index (χ0v) is 17.9. The Morgan fingerprint density at radius 1 is 0.704 bits per heavy atom. The lowest BCUT2D eigenvalue weighted by atomic mass is 9.64. The van der Waals surface area contributed by atoms with Gasteiger partial charge in [0, 0.05) is 6.61 Å². The smallest absolute Gasteiger partial charge is 0.103 e. The van der Waals surface area contributed by atoms with Crippen LogP contribution in [0.25, 0.3) is 0 Å². The molecule has 0 amide bonds. The SMILES string of the molecule is CCCCCC1CCC(C2CCC(C3CCC(CCO)CC3)C(F)C2)CC1. The number of alkyl halides is 1. The molecule has 1 N–H and O–H groups in total. The molecule has 0 aromatic carbocycles. The molecule has 0 aliphatic heterocycles. The third kappa shape index (κ3) is 6.18. The van der Waals surface area contributed by atoms with Crippen molar-refractivity contribution < 1.29 is 9.50 Å². The van der Waals surface area contributed by atoms with Crippen molar-refractivity contribution >= 4 is 0 Å². The minimum atomic E-state index is -0.537. The Labute approximate surface area is 167 Å². The van der Waals surface area contributed by atoms with Crippen molar-refractivity contribution in [3.05, 3.63) is 0 Å². The van der Waals surface area contributed by atoms with Gasteiger partial charge in [-0.3, -0.25) is 0 Å². The van der Waals surface area contributed by atoms with Gasteiger partial charge in [0.1, 0.15) is 6.17 Å². The van der Waals surface area contributed by atoms with Gasteiger partial charge in [-0.1, -0.05) is 58.3 Å². The summed E-state index contributed by atoms with van der Waals surface area (Å²) in [6.07, 6.45) is 19.8. The van der Waals surface area contributed by atoms with Gasteiger partial charge < -0.3 is 5.11 Å². The van der Waals surface area contributed by atoms with Gasteiger partial charge in [-0.2, -0.15) is 0 Å². The van der Waals surface area contributed by atoms with E-state index < -0.39 is 6.17 Å². The van der Waals surface area contributed by atoms with Crippen molar-refractivity contribution in [1.82, 2.24) is 0 Å². The molecule has 27 heavy (non-hydrogen) atoms. The van der Waals surface area contributed by atoms with Crippen LogP contribution in [0, 0.1) is 35.5 Å². The van der Waals surface area contributed by atoms with E-state index in [0.29, 0.717) is 30.3 Å². The molecule has 0 bridgehead atoms. The van der Waals surface area contributed by atoms with Crippen molar-refractivity contribution in [2.24, 2.45) is 35.5 Å². The minimum absolute atomic E-state index is 0.326. The highest BCUT2D eigenvalue weighted by atomic mass is 19.1. The third-order valence-electron chi connectivity index (χ3n) is 8.67. The van der Waals surface area contributed by atoms with E-state index in [2.05, 4.69) is 6.92 Å². The molecular weight excluding hydrogens is 335 g/mol. The molecule has 0 aromatic heterocycles. The molecule has 158 valence electrons. The highest BCUT2D eigenvalue weighted by molar-refractivity contribution is 4.90. The van der Waals surface area contributed by atoms with Gasteiger partial charge in [0.25, 0.3) is 0 Å². The highest BCUT2D eigenvalue weighted by Gasteiger charge is 2.39. The normalized spacial score (nSPS) is 40.8. The average molecular weight is 381 g/mol. The Balaban J connectivity index is 1.38. The summed E-state index contributed by atoms with van der Waals surface area (Å²) in [5, 5.41) is 9.14. The summed E-state index contributed by atoms with van der Waals surface area (Å²) >= 11 is 0. The van der Waals surface area contributed by atoms with E-state index in [1.807, 2.05) is 0 Å². The lowest BCUT2D eigenvalue weighted by Gasteiger charge is -2.43. The van der Waals surface area contributed by atoms with Crippen LogP contribution in [0.4, 0.5) is 4.39 Å². The second-order valence-corrected chi connectivity index (χ2v) is 10.3. The molecule has 3 aliphatic rings. The topological polar surface area (TPSA) is 20.2 Å². The van der Waals surface area contributed by atoms with Crippen molar-refractivity contribution in [3.8, 4) is 0 Å². The summed E-state index contributed by atoms with van der Waals surface area (Å²) < 4.78 is 15.1. The van der Waals surface area contributed by atoms with Gasteiger partial charge in [-0.05, 0) is 86.9 Å². The van der Waals surface area contributed by atoms with E-state index in [1.165, 1.54) is 83.5 Å². The van der Waals surface area contributed by atoms with Crippen LogP contribution in [0.1, 0.15) is 110 Å². The van der Waals surface area contributed by atoms with Crippen LogP contribution in [0.3, 0.4) is 0 Å². The van der Waals surface area contributed by atoms with Crippen molar-refractivity contribution in [2.75, 3.05) is 6.61 Å². The fourth-order valence-electron chi connectivity index (χ4n) is 6.85. The second-order valence-electron chi connectivity index (χ2n) is 10.3. The summed E-state index contributed by atoms with van der Waals surface area (Å²) in [5.41, 5.74) is 0. The van der Waals surface area contributed by atoms with Crippen LogP contribution < -0.4 is 0 Å². The molecule has 1 nitrogen and oxygen atoms in total. The zero-order chi connectivity index (χ0) is 19.1. The number of rotatable bonds is 8. The maximum absolute atomic E-state index is 15.1. The Morgan fingerprint density at radius 2 is 1.30 bits per heavy atom. The van der Waals surface area contributed by atoms with Gasteiger partial charge in [0.15, 0.2) is 0 Å². The predicted octanol–water partition coefficient (Wildman–Crippen LogP) is 7.32. The number of unbranched alkanes of at least 4 members (excludes halogenated alkanes) is 2. The first-order valence-electron chi connectivity index (χ1n) is 12.5. The Kier molecular flexibility index (Phi) is 8.94. The number of halogens is 1. The quantitative estimate of drug-likeness (QED) is 0.437. The third-order valence-corrected chi connectivity index (χ3v) is 8.67. The molecule has 0 spiro atoms. The Bertz CT molecular complexity index is 395. The molecule has 0 heterocycles. The van der Waals surface area contributed by atoms with Crippen LogP contribution in [0.5, 0.6) is 0 Å². The molecule has 2 heteroatoms. The van der Waals surface area contributed by atoms with E-state index in [0.717, 1.165) is 31.1 Å². The molecule has 3 aliphatic carbocycles.